The van der Waals surface area contributed by atoms with Crippen LogP contribution >= 0.6 is 23.7 Å². The molecule has 2 N–H and O–H groups in total. The maximum atomic E-state index is 12.6. The third kappa shape index (κ3) is 3.57. The number of nitrogens with two attached hydrogens (primary N) is 1. The fourth-order valence-corrected chi connectivity index (χ4v) is 5.09. The van der Waals surface area contributed by atoms with Gasteiger partial charge in [-0.2, -0.15) is 4.31 Å². The van der Waals surface area contributed by atoms with Gasteiger partial charge in [-0.1, -0.05) is 0 Å². The fourth-order valence-electron chi connectivity index (χ4n) is 2.61. The predicted molar refractivity (Wildman–Crippen MR) is 96.4 cm³/mol. The molecule has 0 amide bonds. The topological polar surface area (TPSA) is 89.7 Å². The summed E-state index contributed by atoms with van der Waals surface area (Å²) < 4.78 is 32.5. The Hall–Kier alpha value is -1.19. The number of halogens is 1. The second-order valence-electron chi connectivity index (χ2n) is 5.44. The average molecular weight is 391 g/mol. The van der Waals surface area contributed by atoms with E-state index in [0.29, 0.717) is 31.0 Å². The zero-order valence-corrected chi connectivity index (χ0v) is 15.5. The first-order valence-corrected chi connectivity index (χ1v) is 9.64. The van der Waals surface area contributed by atoms with E-state index in [1.54, 1.807) is 31.2 Å². The van der Waals surface area contributed by atoms with Crippen molar-refractivity contribution in [1.29, 1.82) is 0 Å². The molecule has 0 aliphatic carbocycles. The van der Waals surface area contributed by atoms with Crippen molar-refractivity contribution in [3.05, 3.63) is 29.1 Å². The quantitative estimate of drug-likeness (QED) is 0.808. The van der Waals surface area contributed by atoms with Gasteiger partial charge in [-0.25, -0.2) is 13.2 Å². The second kappa shape index (κ2) is 7.37. The van der Waals surface area contributed by atoms with E-state index in [1.807, 2.05) is 0 Å². The Labute approximate surface area is 151 Å². The van der Waals surface area contributed by atoms with Gasteiger partial charge in [0.2, 0.25) is 10.0 Å². The number of sulfonamides is 1. The minimum Gasteiger partial charge on any atom is -0.462 e. The van der Waals surface area contributed by atoms with Crippen LogP contribution < -0.4 is 5.73 Å². The van der Waals surface area contributed by atoms with Gasteiger partial charge in [0, 0.05) is 23.8 Å². The summed E-state index contributed by atoms with van der Waals surface area (Å²) in [7, 11) is -3.54. The molecular weight excluding hydrogens is 372 g/mol. The van der Waals surface area contributed by atoms with E-state index in [4.69, 9.17) is 10.5 Å². The van der Waals surface area contributed by atoms with E-state index >= 15 is 0 Å². The highest BCUT2D eigenvalue weighted by Gasteiger charge is 2.31. The first kappa shape index (κ1) is 19.1. The van der Waals surface area contributed by atoms with Crippen LogP contribution in [0.25, 0.3) is 10.1 Å². The number of ether oxygens (including phenoxy) is 1. The van der Waals surface area contributed by atoms with Gasteiger partial charge in [0.15, 0.2) is 0 Å². The summed E-state index contributed by atoms with van der Waals surface area (Å²) in [5.74, 6) is -0.386. The Kier molecular flexibility index (Phi) is 5.87. The SMILES string of the molecule is CCOC(=O)c1cc2cc(S(=O)(=O)N3CCC(N)C3)ccc2s1.Cl. The van der Waals surface area contributed by atoms with E-state index in [1.165, 1.54) is 15.6 Å². The average Bonchev–Trinajstić information content (AvgIpc) is 3.12. The molecule has 9 heteroatoms. The normalized spacial score (nSPS) is 18.5. The molecule has 0 bridgehead atoms. The number of carbonyl (C=O) groups is 1. The Morgan fingerprint density at radius 3 is 2.79 bits per heavy atom. The van der Waals surface area contributed by atoms with Crippen molar-refractivity contribution in [1.82, 2.24) is 4.31 Å². The highest BCUT2D eigenvalue weighted by Crippen LogP contribution is 2.30. The molecule has 1 aromatic heterocycles. The van der Waals surface area contributed by atoms with Gasteiger partial charge < -0.3 is 10.5 Å². The monoisotopic (exact) mass is 390 g/mol. The van der Waals surface area contributed by atoms with E-state index in [0.717, 1.165) is 10.1 Å². The Balaban J connectivity index is 0.00000208. The van der Waals surface area contributed by atoms with Gasteiger partial charge in [-0.3, -0.25) is 0 Å². The second-order valence-corrected chi connectivity index (χ2v) is 8.46. The zero-order valence-electron chi connectivity index (χ0n) is 13.1. The van der Waals surface area contributed by atoms with Crippen LogP contribution in [0.2, 0.25) is 0 Å². The number of benzene rings is 1. The smallest absolute Gasteiger partial charge is 0.348 e. The summed E-state index contributed by atoms with van der Waals surface area (Å²) >= 11 is 1.29. The van der Waals surface area contributed by atoms with Crippen LogP contribution in [-0.2, 0) is 14.8 Å². The minimum absolute atomic E-state index is 0. The number of carbonyl (C=O) groups excluding carboxylic acids is 1. The van der Waals surface area contributed by atoms with E-state index in [2.05, 4.69) is 0 Å². The van der Waals surface area contributed by atoms with Crippen LogP contribution in [-0.4, -0.2) is 44.4 Å². The highest BCUT2D eigenvalue weighted by atomic mass is 35.5. The molecule has 1 unspecified atom stereocenters. The highest BCUT2D eigenvalue weighted by molar-refractivity contribution is 7.89. The molecule has 24 heavy (non-hydrogen) atoms. The summed E-state index contributed by atoms with van der Waals surface area (Å²) in [6.07, 6.45) is 0.674. The number of nitrogens with zero attached hydrogens (tertiary/aromatic N) is 1. The maximum Gasteiger partial charge on any atom is 0.348 e. The maximum absolute atomic E-state index is 12.6. The first-order chi connectivity index (χ1) is 10.9. The van der Waals surface area contributed by atoms with Crippen molar-refractivity contribution in [2.75, 3.05) is 19.7 Å². The molecule has 0 radical (unpaired) electrons. The molecule has 0 saturated carbocycles. The van der Waals surface area contributed by atoms with Gasteiger partial charge in [-0.15, -0.1) is 23.7 Å². The van der Waals surface area contributed by atoms with Gasteiger partial charge in [0.1, 0.15) is 4.88 Å². The number of thiophene rings is 1. The number of fused-ring (bicyclic) bond motifs is 1. The summed E-state index contributed by atoms with van der Waals surface area (Å²) in [5.41, 5.74) is 5.80. The molecular formula is C15H19ClN2O4S2. The number of hydrogen-bond acceptors (Lipinski definition) is 6. The molecule has 3 rings (SSSR count). The number of esters is 1. The predicted octanol–water partition coefficient (Wildman–Crippen LogP) is 2.22. The molecule has 132 valence electrons. The summed E-state index contributed by atoms with van der Waals surface area (Å²) in [4.78, 5) is 12.5. The number of hydrogen-bond donors (Lipinski definition) is 1. The van der Waals surface area contributed by atoms with Crippen molar-refractivity contribution in [2.24, 2.45) is 5.73 Å². The summed E-state index contributed by atoms with van der Waals surface area (Å²) in [5, 5.41) is 0.725. The zero-order chi connectivity index (χ0) is 16.6. The Bertz CT molecular complexity index is 850. The van der Waals surface area contributed by atoms with E-state index in [9.17, 15) is 13.2 Å². The van der Waals surface area contributed by atoms with Crippen LogP contribution in [0.4, 0.5) is 0 Å². The van der Waals surface area contributed by atoms with Crippen LogP contribution in [0.1, 0.15) is 23.0 Å². The van der Waals surface area contributed by atoms with Crippen molar-refractivity contribution < 1.29 is 17.9 Å². The van der Waals surface area contributed by atoms with Crippen LogP contribution in [0.5, 0.6) is 0 Å². The summed E-state index contributed by atoms with van der Waals surface area (Å²) in [6, 6.07) is 6.48. The molecule has 1 fully saturated rings. The summed E-state index contributed by atoms with van der Waals surface area (Å²) in [6.45, 7) is 2.84. The van der Waals surface area contributed by atoms with Crippen molar-refractivity contribution in [3.63, 3.8) is 0 Å². The third-order valence-corrected chi connectivity index (χ3v) is 6.75. The largest absolute Gasteiger partial charge is 0.462 e. The van der Waals surface area contributed by atoms with E-state index < -0.39 is 10.0 Å². The molecule has 6 nitrogen and oxygen atoms in total. The lowest BCUT2D eigenvalue weighted by molar-refractivity contribution is 0.0532. The minimum atomic E-state index is -3.54. The van der Waals surface area contributed by atoms with Crippen LogP contribution in [0.15, 0.2) is 29.2 Å². The number of rotatable bonds is 4. The van der Waals surface area contributed by atoms with Gasteiger partial charge in [0.25, 0.3) is 0 Å². The molecule has 1 saturated heterocycles. The Morgan fingerprint density at radius 2 is 2.17 bits per heavy atom. The standard InChI is InChI=1S/C15H18N2O4S2.ClH/c1-2-21-15(18)14-8-10-7-12(3-4-13(10)22-14)23(19,20)17-6-5-11(16)9-17;/h3-4,7-8,11H,2,5-6,9,16H2,1H3;1H. The van der Waals surface area contributed by atoms with Gasteiger partial charge in [0.05, 0.1) is 11.5 Å². The third-order valence-electron chi connectivity index (χ3n) is 3.79. The van der Waals surface area contributed by atoms with E-state index in [-0.39, 0.29) is 29.3 Å². The van der Waals surface area contributed by atoms with Crippen LogP contribution in [0, 0.1) is 0 Å². The van der Waals surface area contributed by atoms with Crippen molar-refractivity contribution in [3.8, 4) is 0 Å². The lowest BCUT2D eigenvalue weighted by Gasteiger charge is -2.15. The molecule has 0 spiro atoms. The molecule has 2 heterocycles. The molecule has 1 aliphatic heterocycles. The Morgan fingerprint density at radius 1 is 1.42 bits per heavy atom. The molecule has 1 atom stereocenters. The van der Waals surface area contributed by atoms with Gasteiger partial charge in [-0.05, 0) is 43.0 Å². The molecule has 1 aromatic carbocycles. The van der Waals surface area contributed by atoms with Crippen molar-refractivity contribution >= 4 is 49.8 Å². The lowest BCUT2D eigenvalue weighted by Crippen LogP contribution is -2.31. The van der Waals surface area contributed by atoms with Gasteiger partial charge >= 0.3 is 5.97 Å². The lowest BCUT2D eigenvalue weighted by atomic mass is 10.2. The molecule has 1 aliphatic rings. The molecule has 2 aromatic rings. The first-order valence-electron chi connectivity index (χ1n) is 7.38. The van der Waals surface area contributed by atoms with Crippen molar-refractivity contribution in [2.45, 2.75) is 24.3 Å². The fraction of sp³-hybridized carbons (Fsp3) is 0.400. The van der Waals surface area contributed by atoms with Crippen LogP contribution in [0.3, 0.4) is 0 Å².